The van der Waals surface area contributed by atoms with Crippen molar-refractivity contribution in [2.24, 2.45) is 0 Å². The summed E-state index contributed by atoms with van der Waals surface area (Å²) in [4.78, 5) is 32.8. The summed E-state index contributed by atoms with van der Waals surface area (Å²) in [5, 5.41) is 1.16. The molecule has 0 aliphatic carbocycles. The molecule has 1 spiro atoms. The minimum Gasteiger partial charge on any atom is -0.358 e. The number of carbonyl (C=O) groups is 2. The van der Waals surface area contributed by atoms with Gasteiger partial charge in [0.25, 0.3) is 0 Å². The Kier molecular flexibility index (Phi) is 3.47. The molecule has 6 nitrogen and oxygen atoms in total. The summed E-state index contributed by atoms with van der Waals surface area (Å²) >= 11 is 0. The van der Waals surface area contributed by atoms with Crippen LogP contribution in [0.2, 0.25) is 0 Å². The maximum absolute atomic E-state index is 13.3. The van der Waals surface area contributed by atoms with Gasteiger partial charge >= 0.3 is 0 Å². The van der Waals surface area contributed by atoms with Crippen LogP contribution in [0.15, 0.2) is 12.1 Å². The van der Waals surface area contributed by atoms with E-state index in [9.17, 15) is 9.59 Å². The van der Waals surface area contributed by atoms with Gasteiger partial charge in [-0.15, -0.1) is 0 Å². The molecule has 5 rings (SSSR count). The fraction of sp³-hybridized carbons (Fsp3) is 0.524. The van der Waals surface area contributed by atoms with E-state index in [4.69, 9.17) is 4.74 Å². The van der Waals surface area contributed by atoms with Gasteiger partial charge in [0.15, 0.2) is 5.72 Å². The van der Waals surface area contributed by atoms with Crippen molar-refractivity contribution < 1.29 is 14.3 Å². The highest BCUT2D eigenvalue weighted by Gasteiger charge is 2.62. The van der Waals surface area contributed by atoms with Crippen LogP contribution >= 0.6 is 0 Å². The van der Waals surface area contributed by atoms with E-state index in [1.807, 2.05) is 16.7 Å². The van der Waals surface area contributed by atoms with Crippen molar-refractivity contribution in [3.63, 3.8) is 0 Å². The molecule has 3 aliphatic rings. The van der Waals surface area contributed by atoms with Crippen LogP contribution in [-0.2, 0) is 20.7 Å². The van der Waals surface area contributed by atoms with Crippen molar-refractivity contribution in [1.29, 1.82) is 0 Å². The minimum absolute atomic E-state index is 0.0898. The molecule has 0 bridgehead atoms. The Bertz CT molecular complexity index is 979. The molecule has 2 aromatic rings. The Balaban J connectivity index is 1.47. The second-order valence-corrected chi connectivity index (χ2v) is 8.15. The van der Waals surface area contributed by atoms with Gasteiger partial charge in [0.2, 0.25) is 11.8 Å². The van der Waals surface area contributed by atoms with Gasteiger partial charge in [0.1, 0.15) is 0 Å². The summed E-state index contributed by atoms with van der Waals surface area (Å²) in [6, 6.07) is 4.08. The molecule has 0 radical (unpaired) electrons. The number of H-pyrrole nitrogens is 1. The number of hydrogen-bond acceptors (Lipinski definition) is 3. The highest BCUT2D eigenvalue weighted by Crippen LogP contribution is 2.45. The Labute approximate surface area is 158 Å². The first-order chi connectivity index (χ1) is 12.9. The number of rotatable bonds is 2. The van der Waals surface area contributed by atoms with Crippen LogP contribution < -0.4 is 0 Å². The molecule has 4 heterocycles. The number of ether oxygens (including phenoxy) is 1. The highest BCUT2D eigenvalue weighted by atomic mass is 16.5. The third-order valence-electron chi connectivity index (χ3n) is 6.74. The van der Waals surface area contributed by atoms with Gasteiger partial charge in [-0.05, 0) is 37.5 Å². The summed E-state index contributed by atoms with van der Waals surface area (Å²) in [5.41, 5.74) is 5.05. The molecule has 142 valence electrons. The molecule has 27 heavy (non-hydrogen) atoms. The fourth-order valence-electron chi connectivity index (χ4n) is 5.38. The number of aromatic nitrogens is 1. The third kappa shape index (κ3) is 2.16. The SMILES string of the molecule is Cc1[nH]c2c(C)ccc(C)c2c1CC(=O)N1CC[C@@]23OCCN2C(=O)C[C@@H]13. The molecule has 1 aromatic carbocycles. The number of hydrogen-bond donors (Lipinski definition) is 1. The van der Waals surface area contributed by atoms with Crippen LogP contribution in [-0.4, -0.2) is 58.1 Å². The Morgan fingerprint density at radius 3 is 2.85 bits per heavy atom. The van der Waals surface area contributed by atoms with Crippen molar-refractivity contribution in [1.82, 2.24) is 14.8 Å². The number of benzene rings is 1. The van der Waals surface area contributed by atoms with E-state index in [1.54, 1.807) is 0 Å². The summed E-state index contributed by atoms with van der Waals surface area (Å²) in [6.45, 7) is 8.10. The number of carbonyl (C=O) groups excluding carboxylic acids is 2. The first kappa shape index (κ1) is 16.8. The topological polar surface area (TPSA) is 65.6 Å². The first-order valence-corrected chi connectivity index (χ1v) is 9.73. The average Bonchev–Trinajstić information content (AvgIpc) is 3.34. The zero-order valence-corrected chi connectivity index (χ0v) is 16.1. The van der Waals surface area contributed by atoms with Gasteiger partial charge in [-0.25, -0.2) is 0 Å². The normalized spacial score (nSPS) is 26.9. The van der Waals surface area contributed by atoms with Crippen LogP contribution in [0.4, 0.5) is 0 Å². The largest absolute Gasteiger partial charge is 0.358 e. The quantitative estimate of drug-likeness (QED) is 0.885. The molecule has 3 aliphatic heterocycles. The summed E-state index contributed by atoms with van der Waals surface area (Å²) in [5.74, 6) is 0.205. The average molecular weight is 367 g/mol. The molecule has 1 N–H and O–H groups in total. The van der Waals surface area contributed by atoms with Crippen LogP contribution in [0.3, 0.4) is 0 Å². The Morgan fingerprint density at radius 1 is 1.26 bits per heavy atom. The Morgan fingerprint density at radius 2 is 2.04 bits per heavy atom. The monoisotopic (exact) mass is 367 g/mol. The maximum Gasteiger partial charge on any atom is 0.227 e. The van der Waals surface area contributed by atoms with Crippen LogP contribution in [0, 0.1) is 20.8 Å². The zero-order chi connectivity index (χ0) is 18.9. The molecule has 3 fully saturated rings. The predicted molar refractivity (Wildman–Crippen MR) is 101 cm³/mol. The standard InChI is InChI=1S/C21H25N3O3/c1-12-4-5-13(2)20-19(12)15(14(3)22-20)10-17(25)23-7-6-21-16(23)11-18(26)24(21)8-9-27-21/h4-5,16,22H,6-11H2,1-3H3/t16-,21+/m1/s1. The van der Waals surface area contributed by atoms with Gasteiger partial charge in [-0.1, -0.05) is 12.1 Å². The van der Waals surface area contributed by atoms with Crippen LogP contribution in [0.5, 0.6) is 0 Å². The molecule has 2 amide bonds. The number of nitrogens with zero attached hydrogens (tertiary/aromatic N) is 2. The smallest absolute Gasteiger partial charge is 0.227 e. The van der Waals surface area contributed by atoms with Crippen LogP contribution in [0.25, 0.3) is 10.9 Å². The van der Waals surface area contributed by atoms with E-state index in [2.05, 4.69) is 31.0 Å². The van der Waals surface area contributed by atoms with E-state index < -0.39 is 5.72 Å². The lowest BCUT2D eigenvalue weighted by molar-refractivity contribution is -0.139. The molecule has 2 atom stereocenters. The molecule has 0 unspecified atom stereocenters. The van der Waals surface area contributed by atoms with Crippen molar-refractivity contribution >= 4 is 22.7 Å². The van der Waals surface area contributed by atoms with Gasteiger partial charge in [0.05, 0.1) is 25.5 Å². The number of fused-ring (bicyclic) bond motifs is 1. The number of aromatic amines is 1. The molecule has 0 saturated carbocycles. The van der Waals surface area contributed by atoms with Crippen molar-refractivity contribution in [2.75, 3.05) is 19.7 Å². The molecular weight excluding hydrogens is 342 g/mol. The van der Waals surface area contributed by atoms with Gasteiger partial charge in [-0.2, -0.15) is 0 Å². The fourth-order valence-corrected chi connectivity index (χ4v) is 5.38. The summed E-state index contributed by atoms with van der Waals surface area (Å²) in [7, 11) is 0. The van der Waals surface area contributed by atoms with Crippen LogP contribution in [0.1, 0.15) is 35.2 Å². The highest BCUT2D eigenvalue weighted by molar-refractivity contribution is 5.94. The maximum atomic E-state index is 13.3. The zero-order valence-electron chi connectivity index (χ0n) is 16.1. The first-order valence-electron chi connectivity index (χ1n) is 9.73. The van der Waals surface area contributed by atoms with Gasteiger partial charge in [-0.3, -0.25) is 9.59 Å². The number of aryl methyl sites for hydroxylation is 3. The lowest BCUT2D eigenvalue weighted by Gasteiger charge is -2.31. The lowest BCUT2D eigenvalue weighted by atomic mass is 10.0. The minimum atomic E-state index is -0.561. The van der Waals surface area contributed by atoms with Gasteiger partial charge in [0, 0.05) is 36.1 Å². The second kappa shape index (κ2) is 5.58. The second-order valence-electron chi connectivity index (χ2n) is 8.15. The lowest BCUT2D eigenvalue weighted by Crippen LogP contribution is -2.49. The van der Waals surface area contributed by atoms with E-state index in [-0.39, 0.29) is 17.9 Å². The van der Waals surface area contributed by atoms with E-state index in [0.29, 0.717) is 32.5 Å². The van der Waals surface area contributed by atoms with Crippen molar-refractivity contribution in [2.45, 2.75) is 51.8 Å². The number of nitrogens with one attached hydrogen (secondary N) is 1. The van der Waals surface area contributed by atoms with Gasteiger partial charge < -0.3 is 19.5 Å². The molecular formula is C21H25N3O3. The number of amides is 2. The van der Waals surface area contributed by atoms with E-state index in [1.165, 1.54) is 11.1 Å². The Hall–Kier alpha value is -2.34. The van der Waals surface area contributed by atoms with E-state index >= 15 is 0 Å². The van der Waals surface area contributed by atoms with Crippen molar-refractivity contribution in [3.8, 4) is 0 Å². The summed E-state index contributed by atoms with van der Waals surface area (Å²) in [6.07, 6.45) is 1.47. The molecule has 6 heteroatoms. The predicted octanol–water partition coefficient (Wildman–Crippen LogP) is 2.20. The third-order valence-corrected chi connectivity index (χ3v) is 6.74. The summed E-state index contributed by atoms with van der Waals surface area (Å²) < 4.78 is 6.01. The van der Waals surface area contributed by atoms with Crippen molar-refractivity contribution in [3.05, 3.63) is 34.5 Å². The molecule has 1 aromatic heterocycles. The van der Waals surface area contributed by atoms with E-state index in [0.717, 1.165) is 28.6 Å². The number of likely N-dealkylation sites (tertiary alicyclic amines) is 1. The molecule has 3 saturated heterocycles.